The number of hydrogen-bond acceptors (Lipinski definition) is 5. The van der Waals surface area contributed by atoms with Crippen LogP contribution in [0.2, 0.25) is 0 Å². The van der Waals surface area contributed by atoms with E-state index in [9.17, 15) is 0 Å². The molecule has 0 radical (unpaired) electrons. The number of nitrogens with two attached hydrogens (primary N) is 2. The van der Waals surface area contributed by atoms with E-state index in [-0.39, 0.29) is 5.95 Å². The molecular weight excluding hydrogens is 276 g/mol. The van der Waals surface area contributed by atoms with Crippen LogP contribution in [-0.2, 0) is 0 Å². The molecule has 2 aromatic rings. The van der Waals surface area contributed by atoms with Gasteiger partial charge in [0, 0.05) is 47.3 Å². The number of rotatable bonds is 3. The smallest absolute Gasteiger partial charge is 0.220 e. The van der Waals surface area contributed by atoms with Gasteiger partial charge in [0.1, 0.15) is 0 Å². The molecule has 6 heteroatoms. The zero-order valence-electron chi connectivity index (χ0n) is 12.4. The number of nitrogen functional groups attached to an aromatic ring is 1. The van der Waals surface area contributed by atoms with Crippen LogP contribution in [0.1, 0.15) is 12.8 Å². The Morgan fingerprint density at radius 2 is 2.14 bits per heavy atom. The number of aromatic amines is 1. The fourth-order valence-corrected chi connectivity index (χ4v) is 2.88. The molecule has 1 saturated heterocycles. The summed E-state index contributed by atoms with van der Waals surface area (Å²) < 4.78 is 0. The largest absolute Gasteiger partial charge is 0.405 e. The summed E-state index contributed by atoms with van der Waals surface area (Å²) in [5.41, 5.74) is 14.2. The predicted octanol–water partition coefficient (Wildman–Crippen LogP) is 0.141. The van der Waals surface area contributed by atoms with Crippen molar-refractivity contribution in [1.29, 1.82) is 0 Å². The second-order valence-corrected chi connectivity index (χ2v) is 5.29. The van der Waals surface area contributed by atoms with Gasteiger partial charge in [0.25, 0.3) is 0 Å². The van der Waals surface area contributed by atoms with Crippen molar-refractivity contribution in [1.82, 2.24) is 19.9 Å². The first kappa shape index (κ1) is 14.2. The molecule has 1 fully saturated rings. The van der Waals surface area contributed by atoms with E-state index >= 15 is 0 Å². The predicted molar refractivity (Wildman–Crippen MR) is 88.5 cm³/mol. The lowest BCUT2D eigenvalue weighted by atomic mass is 10.1. The van der Waals surface area contributed by atoms with E-state index in [1.807, 2.05) is 18.3 Å². The average Bonchev–Trinajstić information content (AvgIpc) is 3.15. The second kappa shape index (κ2) is 5.93. The van der Waals surface area contributed by atoms with Crippen molar-refractivity contribution < 1.29 is 0 Å². The number of H-pyrrole nitrogens is 1. The number of nitrogens with one attached hydrogen (secondary N) is 1. The Morgan fingerprint density at radius 3 is 2.82 bits per heavy atom. The summed E-state index contributed by atoms with van der Waals surface area (Å²) in [6.07, 6.45) is 9.43. The van der Waals surface area contributed by atoms with Crippen LogP contribution in [-0.4, -0.2) is 32.9 Å². The van der Waals surface area contributed by atoms with Crippen molar-refractivity contribution in [2.45, 2.75) is 12.8 Å². The molecule has 114 valence electrons. The molecule has 0 spiro atoms. The van der Waals surface area contributed by atoms with Crippen LogP contribution in [0.15, 0.2) is 30.7 Å². The standard InChI is InChI=1S/C16H20N6/c1-11-15(14(4-6-17)22-8-2-3-9-22)12(10-20-11)13-5-7-19-16(18)21-13/h4-7,10,20H,1-3,8-9,17H2,(H2,18,19,21)/b6-4-,15-14-. The number of anilines is 1. The monoisotopic (exact) mass is 296 g/mol. The molecule has 0 aromatic carbocycles. The van der Waals surface area contributed by atoms with Gasteiger partial charge in [-0.1, -0.05) is 6.58 Å². The van der Waals surface area contributed by atoms with Gasteiger partial charge in [-0.2, -0.15) is 0 Å². The summed E-state index contributed by atoms with van der Waals surface area (Å²) in [6.45, 7) is 6.16. The average molecular weight is 296 g/mol. The maximum absolute atomic E-state index is 5.71. The number of hydrogen-bond donors (Lipinski definition) is 3. The Labute approximate surface area is 128 Å². The Kier molecular flexibility index (Phi) is 3.82. The van der Waals surface area contributed by atoms with Crippen LogP contribution < -0.4 is 22.0 Å². The number of likely N-dealkylation sites (tertiary alicyclic amines) is 1. The third kappa shape index (κ3) is 2.55. The van der Waals surface area contributed by atoms with Crippen molar-refractivity contribution in [3.63, 3.8) is 0 Å². The third-order valence-electron chi connectivity index (χ3n) is 3.87. The minimum atomic E-state index is 0.257. The van der Waals surface area contributed by atoms with Gasteiger partial charge < -0.3 is 21.4 Å². The van der Waals surface area contributed by atoms with E-state index in [0.717, 1.165) is 40.6 Å². The van der Waals surface area contributed by atoms with Gasteiger partial charge in [0.2, 0.25) is 5.95 Å². The van der Waals surface area contributed by atoms with Crippen LogP contribution in [0.3, 0.4) is 0 Å². The normalized spacial score (nSPS) is 16.5. The van der Waals surface area contributed by atoms with Crippen molar-refractivity contribution in [2.24, 2.45) is 5.73 Å². The number of aromatic nitrogens is 3. The van der Waals surface area contributed by atoms with Gasteiger partial charge in [0.05, 0.1) is 5.69 Å². The fourth-order valence-electron chi connectivity index (χ4n) is 2.88. The van der Waals surface area contributed by atoms with E-state index in [1.165, 1.54) is 12.8 Å². The molecule has 6 nitrogen and oxygen atoms in total. The molecule has 0 unspecified atom stereocenters. The molecule has 1 aliphatic heterocycles. The van der Waals surface area contributed by atoms with Crippen LogP contribution in [0, 0.1) is 0 Å². The first-order valence-electron chi connectivity index (χ1n) is 7.33. The molecule has 0 saturated carbocycles. The zero-order valence-corrected chi connectivity index (χ0v) is 12.4. The van der Waals surface area contributed by atoms with Crippen molar-refractivity contribution >= 4 is 18.2 Å². The van der Waals surface area contributed by atoms with E-state index in [0.29, 0.717) is 0 Å². The quantitative estimate of drug-likeness (QED) is 0.748. The van der Waals surface area contributed by atoms with Gasteiger partial charge >= 0.3 is 0 Å². The van der Waals surface area contributed by atoms with Crippen LogP contribution >= 0.6 is 0 Å². The minimum Gasteiger partial charge on any atom is -0.405 e. The van der Waals surface area contributed by atoms with Gasteiger partial charge in [-0.05, 0) is 31.2 Å². The molecule has 3 rings (SSSR count). The summed E-state index contributed by atoms with van der Waals surface area (Å²) in [6, 6.07) is 1.84. The van der Waals surface area contributed by atoms with Crippen molar-refractivity contribution in [3.8, 4) is 11.3 Å². The Balaban J connectivity index is 2.26. The minimum absolute atomic E-state index is 0.257. The second-order valence-electron chi connectivity index (χ2n) is 5.29. The van der Waals surface area contributed by atoms with Crippen LogP contribution in [0.5, 0.6) is 0 Å². The lowest BCUT2D eigenvalue weighted by Crippen LogP contribution is -2.32. The highest BCUT2D eigenvalue weighted by Crippen LogP contribution is 2.18. The Hall–Kier alpha value is -2.76. The van der Waals surface area contributed by atoms with E-state index in [2.05, 4.69) is 26.4 Å². The highest BCUT2D eigenvalue weighted by atomic mass is 15.1. The summed E-state index contributed by atoms with van der Waals surface area (Å²) in [4.78, 5) is 13.8. The highest BCUT2D eigenvalue weighted by molar-refractivity contribution is 5.68. The van der Waals surface area contributed by atoms with Crippen molar-refractivity contribution in [2.75, 3.05) is 18.8 Å². The molecule has 5 N–H and O–H groups in total. The summed E-state index contributed by atoms with van der Waals surface area (Å²) in [5.74, 6) is 0.257. The first-order valence-corrected chi connectivity index (χ1v) is 7.33. The maximum atomic E-state index is 5.71. The molecule has 22 heavy (non-hydrogen) atoms. The van der Waals surface area contributed by atoms with Gasteiger partial charge in [-0.25, -0.2) is 9.97 Å². The summed E-state index contributed by atoms with van der Waals surface area (Å²) >= 11 is 0. The van der Waals surface area contributed by atoms with E-state index < -0.39 is 0 Å². The van der Waals surface area contributed by atoms with Gasteiger partial charge in [-0.15, -0.1) is 0 Å². The van der Waals surface area contributed by atoms with E-state index in [1.54, 1.807) is 12.4 Å². The molecular formula is C16H20N6. The van der Waals surface area contributed by atoms with Crippen LogP contribution in [0.4, 0.5) is 5.95 Å². The number of nitrogens with zero attached hydrogens (tertiary/aromatic N) is 3. The lowest BCUT2D eigenvalue weighted by molar-refractivity contribution is 0.493. The molecule has 0 aliphatic carbocycles. The summed E-state index contributed by atoms with van der Waals surface area (Å²) in [7, 11) is 0. The molecule has 0 atom stereocenters. The van der Waals surface area contributed by atoms with E-state index in [4.69, 9.17) is 11.5 Å². The molecule has 3 heterocycles. The lowest BCUT2D eigenvalue weighted by Gasteiger charge is -2.19. The Morgan fingerprint density at radius 1 is 1.36 bits per heavy atom. The summed E-state index contributed by atoms with van der Waals surface area (Å²) in [5, 5.41) is 1.86. The van der Waals surface area contributed by atoms with Crippen molar-refractivity contribution in [3.05, 3.63) is 41.3 Å². The van der Waals surface area contributed by atoms with Crippen LogP contribution in [0.25, 0.3) is 23.5 Å². The molecule has 0 amide bonds. The molecule has 0 bridgehead atoms. The first-order chi connectivity index (χ1) is 10.7. The van der Waals surface area contributed by atoms with Gasteiger partial charge in [0.15, 0.2) is 0 Å². The maximum Gasteiger partial charge on any atom is 0.220 e. The molecule has 1 aliphatic rings. The van der Waals surface area contributed by atoms with Gasteiger partial charge in [-0.3, -0.25) is 0 Å². The Bertz CT molecular complexity index is 798. The third-order valence-corrected chi connectivity index (χ3v) is 3.87. The molecule has 2 aromatic heterocycles. The topological polar surface area (TPSA) is 96.8 Å². The SMILES string of the molecule is C=c1[nH]cc(-c2ccnc(N)n2)/c1=C(/C=C\N)N1CCCC1. The zero-order chi connectivity index (χ0) is 15.5. The highest BCUT2D eigenvalue weighted by Gasteiger charge is 2.16. The fraction of sp³-hybridized carbons (Fsp3) is 0.250.